The van der Waals surface area contributed by atoms with Gasteiger partial charge in [-0.1, -0.05) is 26.0 Å². The molecule has 4 fully saturated rings. The number of hydrogen-bond acceptors (Lipinski definition) is 5. The van der Waals surface area contributed by atoms with Crippen LogP contribution >= 0.6 is 0 Å². The third-order valence-corrected chi connectivity index (χ3v) is 7.54. The van der Waals surface area contributed by atoms with Gasteiger partial charge < -0.3 is 19.9 Å². The maximum absolute atomic E-state index is 12.3. The Hall–Kier alpha value is -1.59. The second kappa shape index (κ2) is 9.91. The molecule has 5 heteroatoms. The Morgan fingerprint density at radius 1 is 1.10 bits per heavy atom. The van der Waals surface area contributed by atoms with Crippen molar-refractivity contribution < 1.29 is 19.4 Å². The van der Waals surface area contributed by atoms with Gasteiger partial charge in [-0.2, -0.15) is 0 Å². The minimum atomic E-state index is -0.550. The molecule has 0 aliphatic heterocycles. The molecule has 0 heterocycles. The molecule has 4 aliphatic carbocycles. The number of benzene rings is 1. The Kier molecular flexibility index (Phi) is 7.22. The summed E-state index contributed by atoms with van der Waals surface area (Å²) >= 11 is 0. The topological polar surface area (TPSA) is 67.8 Å². The van der Waals surface area contributed by atoms with Crippen molar-refractivity contribution in [2.45, 2.75) is 77.4 Å². The number of carbonyl (C=O) groups excluding carboxylic acids is 1. The van der Waals surface area contributed by atoms with Crippen LogP contribution in [-0.2, 0) is 16.0 Å². The molecular weight excluding hydrogens is 390 g/mol. The van der Waals surface area contributed by atoms with Crippen molar-refractivity contribution >= 4 is 5.97 Å². The van der Waals surface area contributed by atoms with Crippen LogP contribution in [0.2, 0.25) is 0 Å². The van der Waals surface area contributed by atoms with Crippen molar-refractivity contribution in [2.75, 3.05) is 19.8 Å². The molecule has 1 aromatic carbocycles. The van der Waals surface area contributed by atoms with Crippen molar-refractivity contribution in [1.82, 2.24) is 5.32 Å². The second-order valence-corrected chi connectivity index (χ2v) is 10.7. The van der Waals surface area contributed by atoms with Crippen LogP contribution in [0.4, 0.5) is 0 Å². The quantitative estimate of drug-likeness (QED) is 0.518. The summed E-state index contributed by atoms with van der Waals surface area (Å²) in [7, 11) is 0. The summed E-state index contributed by atoms with van der Waals surface area (Å²) in [6.45, 7) is 5.39. The summed E-state index contributed by atoms with van der Waals surface area (Å²) in [5.74, 6) is 3.37. The number of aliphatic hydroxyl groups is 1. The van der Waals surface area contributed by atoms with Crippen LogP contribution < -0.4 is 10.1 Å². The number of ether oxygens (including phenoxy) is 2. The van der Waals surface area contributed by atoms with E-state index in [-0.39, 0.29) is 12.6 Å². The minimum absolute atomic E-state index is 0.145. The minimum Gasteiger partial charge on any atom is -0.491 e. The Morgan fingerprint density at radius 2 is 1.71 bits per heavy atom. The van der Waals surface area contributed by atoms with Gasteiger partial charge in [0.1, 0.15) is 18.5 Å². The van der Waals surface area contributed by atoms with Crippen LogP contribution in [0.15, 0.2) is 24.3 Å². The monoisotopic (exact) mass is 429 g/mol. The summed E-state index contributed by atoms with van der Waals surface area (Å²) in [4.78, 5) is 12.3. The number of rotatable bonds is 11. The van der Waals surface area contributed by atoms with E-state index in [1.807, 2.05) is 38.1 Å². The van der Waals surface area contributed by atoms with Crippen molar-refractivity contribution in [1.29, 1.82) is 0 Å². The SMILES string of the molecule is CC(C)NC[C@H](O)COc1ccc(CC(=O)OCCC23CC4CC(CC(C4)C2)C3)cc1. The van der Waals surface area contributed by atoms with E-state index in [0.717, 1.165) is 29.7 Å². The zero-order valence-electron chi connectivity index (χ0n) is 19.1. The van der Waals surface area contributed by atoms with Crippen LogP contribution in [0.1, 0.15) is 64.4 Å². The second-order valence-electron chi connectivity index (χ2n) is 10.7. The highest BCUT2D eigenvalue weighted by atomic mass is 16.5. The number of esters is 1. The molecule has 172 valence electrons. The average Bonchev–Trinajstić information content (AvgIpc) is 2.70. The van der Waals surface area contributed by atoms with Crippen LogP contribution in [-0.4, -0.2) is 43.0 Å². The third-order valence-electron chi connectivity index (χ3n) is 7.54. The first-order valence-electron chi connectivity index (χ1n) is 12.2. The van der Waals surface area contributed by atoms with Crippen molar-refractivity contribution in [3.63, 3.8) is 0 Å². The van der Waals surface area contributed by atoms with Crippen LogP contribution in [0.25, 0.3) is 0 Å². The first-order valence-corrected chi connectivity index (χ1v) is 12.2. The molecule has 4 bridgehead atoms. The van der Waals surface area contributed by atoms with Crippen LogP contribution in [0.5, 0.6) is 5.75 Å². The first-order chi connectivity index (χ1) is 14.9. The normalized spacial score (nSPS) is 29.9. The lowest BCUT2D eigenvalue weighted by Crippen LogP contribution is -2.46. The average molecular weight is 430 g/mol. The fraction of sp³-hybridized carbons (Fsp3) is 0.731. The molecule has 5 rings (SSSR count). The lowest BCUT2D eigenvalue weighted by atomic mass is 9.49. The van der Waals surface area contributed by atoms with Gasteiger partial charge in [0.2, 0.25) is 0 Å². The molecule has 0 radical (unpaired) electrons. The van der Waals surface area contributed by atoms with E-state index >= 15 is 0 Å². The van der Waals surface area contributed by atoms with Gasteiger partial charge in [-0.3, -0.25) is 4.79 Å². The Bertz CT molecular complexity index is 694. The van der Waals surface area contributed by atoms with Crippen molar-refractivity contribution in [3.8, 4) is 5.75 Å². The van der Waals surface area contributed by atoms with Gasteiger partial charge in [-0.15, -0.1) is 0 Å². The Labute approximate surface area is 186 Å². The largest absolute Gasteiger partial charge is 0.491 e. The summed E-state index contributed by atoms with van der Waals surface area (Å²) in [5.41, 5.74) is 1.39. The number of hydrogen-bond donors (Lipinski definition) is 2. The summed E-state index contributed by atoms with van der Waals surface area (Å²) < 4.78 is 11.3. The highest BCUT2D eigenvalue weighted by molar-refractivity contribution is 5.72. The first kappa shape index (κ1) is 22.6. The van der Waals surface area contributed by atoms with Gasteiger partial charge in [0.05, 0.1) is 13.0 Å². The summed E-state index contributed by atoms with van der Waals surface area (Å²) in [5, 5.41) is 13.1. The van der Waals surface area contributed by atoms with Gasteiger partial charge in [0.25, 0.3) is 0 Å². The van der Waals surface area contributed by atoms with E-state index in [1.54, 1.807) is 0 Å². The highest BCUT2D eigenvalue weighted by Crippen LogP contribution is 2.61. The maximum atomic E-state index is 12.3. The van der Waals surface area contributed by atoms with E-state index in [1.165, 1.54) is 38.5 Å². The third kappa shape index (κ3) is 6.23. The van der Waals surface area contributed by atoms with Gasteiger partial charge in [0, 0.05) is 12.6 Å². The zero-order valence-corrected chi connectivity index (χ0v) is 19.1. The van der Waals surface area contributed by atoms with Crippen LogP contribution in [0.3, 0.4) is 0 Å². The van der Waals surface area contributed by atoms with E-state index in [2.05, 4.69) is 5.32 Å². The molecule has 1 aromatic rings. The molecule has 2 N–H and O–H groups in total. The van der Waals surface area contributed by atoms with Gasteiger partial charge in [0.15, 0.2) is 0 Å². The lowest BCUT2D eigenvalue weighted by Gasteiger charge is -2.57. The molecule has 0 aromatic heterocycles. The summed E-state index contributed by atoms with van der Waals surface area (Å²) in [6.07, 6.45) is 9.23. The standard InChI is InChI=1S/C26H39NO4/c1-18(2)27-16-23(28)17-31-24-5-3-19(4-6-24)12-25(29)30-8-7-26-13-20-9-21(14-26)11-22(10-20)15-26/h3-6,18,20-23,27-28H,7-17H2,1-2H3/t20?,21?,22?,23-,26?/m0/s1. The number of aliphatic hydroxyl groups excluding tert-OH is 1. The molecule has 0 unspecified atom stereocenters. The molecule has 4 aliphatic rings. The lowest BCUT2D eigenvalue weighted by molar-refractivity contribution is -0.145. The molecule has 0 amide bonds. The molecule has 4 saturated carbocycles. The van der Waals surface area contributed by atoms with Crippen LogP contribution in [0, 0.1) is 23.2 Å². The van der Waals surface area contributed by atoms with E-state index in [0.29, 0.717) is 36.8 Å². The molecular formula is C26H39NO4. The number of carbonyl (C=O) groups is 1. The predicted molar refractivity (Wildman–Crippen MR) is 121 cm³/mol. The molecule has 31 heavy (non-hydrogen) atoms. The van der Waals surface area contributed by atoms with E-state index < -0.39 is 6.10 Å². The smallest absolute Gasteiger partial charge is 0.310 e. The maximum Gasteiger partial charge on any atom is 0.310 e. The highest BCUT2D eigenvalue weighted by Gasteiger charge is 2.50. The number of nitrogens with one attached hydrogen (secondary N) is 1. The van der Waals surface area contributed by atoms with E-state index in [4.69, 9.17) is 9.47 Å². The molecule has 1 atom stereocenters. The Morgan fingerprint density at radius 3 is 2.29 bits per heavy atom. The molecule has 0 saturated heterocycles. The van der Waals surface area contributed by atoms with Gasteiger partial charge in [-0.25, -0.2) is 0 Å². The van der Waals surface area contributed by atoms with Gasteiger partial charge in [-0.05, 0) is 85.8 Å². The molecule has 0 spiro atoms. The predicted octanol–water partition coefficient (Wildman–Crippen LogP) is 4.12. The van der Waals surface area contributed by atoms with Crippen molar-refractivity contribution in [2.24, 2.45) is 23.2 Å². The van der Waals surface area contributed by atoms with Crippen molar-refractivity contribution in [3.05, 3.63) is 29.8 Å². The Balaban J connectivity index is 1.15. The fourth-order valence-electron chi connectivity index (χ4n) is 6.52. The van der Waals surface area contributed by atoms with E-state index in [9.17, 15) is 9.90 Å². The molecule has 5 nitrogen and oxygen atoms in total. The zero-order chi connectivity index (χ0) is 21.8. The van der Waals surface area contributed by atoms with Gasteiger partial charge >= 0.3 is 5.97 Å². The summed E-state index contributed by atoms with van der Waals surface area (Å²) in [6, 6.07) is 7.82. The fourth-order valence-corrected chi connectivity index (χ4v) is 6.52.